The van der Waals surface area contributed by atoms with Crippen molar-refractivity contribution in [3.63, 3.8) is 0 Å². The molecule has 7 heteroatoms. The monoisotopic (exact) mass is 381 g/mol. The summed E-state index contributed by atoms with van der Waals surface area (Å²) in [5, 5.41) is 5.33. The number of hydrogen-bond donors (Lipinski definition) is 1. The predicted octanol–water partition coefficient (Wildman–Crippen LogP) is 3.90. The topological polar surface area (TPSA) is 63.7 Å². The Hall–Kier alpha value is -3.06. The molecule has 0 bridgehead atoms. The van der Waals surface area contributed by atoms with Gasteiger partial charge in [-0.25, -0.2) is 4.98 Å². The lowest BCUT2D eigenvalue weighted by atomic mass is 10.1. The SMILES string of the molecule is COc1ccc(C(=O)Nc2nc(-c3cccc4c3OCCN4C)cs2)cc1. The number of thiazole rings is 1. The summed E-state index contributed by atoms with van der Waals surface area (Å²) in [4.78, 5) is 19.2. The Balaban J connectivity index is 1.55. The highest BCUT2D eigenvalue weighted by atomic mass is 32.1. The first-order chi connectivity index (χ1) is 13.2. The van der Waals surface area contributed by atoms with Gasteiger partial charge >= 0.3 is 0 Å². The van der Waals surface area contributed by atoms with Crippen LogP contribution in [0.3, 0.4) is 0 Å². The number of ether oxygens (including phenoxy) is 2. The molecule has 0 aliphatic carbocycles. The Morgan fingerprint density at radius 1 is 1.26 bits per heavy atom. The van der Waals surface area contributed by atoms with E-state index in [4.69, 9.17) is 9.47 Å². The molecule has 1 aromatic heterocycles. The number of nitrogens with one attached hydrogen (secondary N) is 1. The molecule has 0 unspecified atom stereocenters. The third-order valence-electron chi connectivity index (χ3n) is 4.43. The highest BCUT2D eigenvalue weighted by molar-refractivity contribution is 7.14. The smallest absolute Gasteiger partial charge is 0.257 e. The minimum absolute atomic E-state index is 0.204. The summed E-state index contributed by atoms with van der Waals surface area (Å²) in [5.41, 5.74) is 3.32. The van der Waals surface area contributed by atoms with E-state index in [0.29, 0.717) is 23.1 Å². The Morgan fingerprint density at radius 2 is 2.07 bits per heavy atom. The van der Waals surface area contributed by atoms with E-state index in [2.05, 4.69) is 15.2 Å². The molecule has 1 aliphatic rings. The number of hydrogen-bond acceptors (Lipinski definition) is 6. The van der Waals surface area contributed by atoms with Crippen LogP contribution >= 0.6 is 11.3 Å². The van der Waals surface area contributed by atoms with Gasteiger partial charge < -0.3 is 14.4 Å². The van der Waals surface area contributed by atoms with Crippen molar-refractivity contribution in [3.8, 4) is 22.8 Å². The largest absolute Gasteiger partial charge is 0.497 e. The summed E-state index contributed by atoms with van der Waals surface area (Å²) in [6, 6.07) is 13.0. The quantitative estimate of drug-likeness (QED) is 0.743. The molecule has 6 nitrogen and oxygen atoms in total. The van der Waals surface area contributed by atoms with Gasteiger partial charge in [0.05, 0.1) is 25.0 Å². The molecule has 0 fully saturated rings. The van der Waals surface area contributed by atoms with E-state index in [1.165, 1.54) is 11.3 Å². The second-order valence-corrected chi connectivity index (χ2v) is 7.00. The van der Waals surface area contributed by atoms with E-state index in [1.807, 2.05) is 30.6 Å². The van der Waals surface area contributed by atoms with Gasteiger partial charge in [0, 0.05) is 23.6 Å². The van der Waals surface area contributed by atoms with Crippen LogP contribution in [0.25, 0.3) is 11.3 Å². The van der Waals surface area contributed by atoms with Crippen LogP contribution in [0.5, 0.6) is 11.5 Å². The number of aromatic nitrogens is 1. The number of benzene rings is 2. The Kier molecular flexibility index (Phi) is 4.68. The van der Waals surface area contributed by atoms with Crippen LogP contribution < -0.4 is 19.7 Å². The van der Waals surface area contributed by atoms with Crippen molar-refractivity contribution >= 4 is 28.1 Å². The Morgan fingerprint density at radius 3 is 2.85 bits per heavy atom. The number of likely N-dealkylation sites (N-methyl/N-ethyl adjacent to an activating group) is 1. The molecule has 2 heterocycles. The number of anilines is 2. The number of para-hydroxylation sites is 1. The second-order valence-electron chi connectivity index (χ2n) is 6.14. The van der Waals surface area contributed by atoms with Gasteiger partial charge in [0.1, 0.15) is 12.4 Å². The lowest BCUT2D eigenvalue weighted by molar-refractivity contribution is 0.102. The van der Waals surface area contributed by atoms with Crippen LogP contribution in [0.4, 0.5) is 10.8 Å². The molecule has 1 aliphatic heterocycles. The van der Waals surface area contributed by atoms with Gasteiger partial charge in [-0.1, -0.05) is 6.07 Å². The van der Waals surface area contributed by atoms with Crippen LogP contribution in [0, 0.1) is 0 Å². The average molecular weight is 381 g/mol. The Labute approximate surface area is 161 Å². The highest BCUT2D eigenvalue weighted by Crippen LogP contribution is 2.40. The van der Waals surface area contributed by atoms with Crippen LogP contribution in [0.15, 0.2) is 47.8 Å². The zero-order chi connectivity index (χ0) is 18.8. The summed E-state index contributed by atoms with van der Waals surface area (Å²) >= 11 is 1.39. The van der Waals surface area contributed by atoms with Crippen LogP contribution in [0.1, 0.15) is 10.4 Å². The van der Waals surface area contributed by atoms with Gasteiger partial charge in [-0.3, -0.25) is 10.1 Å². The molecule has 138 valence electrons. The lowest BCUT2D eigenvalue weighted by Crippen LogP contribution is -2.28. The van der Waals surface area contributed by atoms with Crippen LogP contribution in [-0.4, -0.2) is 38.2 Å². The molecule has 0 saturated heterocycles. The number of nitrogens with zero attached hydrogens (tertiary/aromatic N) is 2. The van der Waals surface area contributed by atoms with Crippen molar-refractivity contribution in [1.82, 2.24) is 4.98 Å². The fraction of sp³-hybridized carbons (Fsp3) is 0.200. The minimum Gasteiger partial charge on any atom is -0.497 e. The summed E-state index contributed by atoms with van der Waals surface area (Å²) in [7, 11) is 3.64. The van der Waals surface area contributed by atoms with Crippen LogP contribution in [0.2, 0.25) is 0 Å². The van der Waals surface area contributed by atoms with E-state index < -0.39 is 0 Å². The molecule has 0 spiro atoms. The maximum atomic E-state index is 12.4. The first-order valence-electron chi connectivity index (χ1n) is 8.54. The summed E-state index contributed by atoms with van der Waals surface area (Å²) in [6.45, 7) is 1.50. The molecule has 3 aromatic rings. The summed E-state index contributed by atoms with van der Waals surface area (Å²) in [5.74, 6) is 1.34. The van der Waals surface area contributed by atoms with Crippen molar-refractivity contribution in [2.45, 2.75) is 0 Å². The van der Waals surface area contributed by atoms with Gasteiger partial charge in [-0.05, 0) is 36.4 Å². The number of methoxy groups -OCH3 is 1. The van der Waals surface area contributed by atoms with E-state index in [1.54, 1.807) is 31.4 Å². The van der Waals surface area contributed by atoms with Gasteiger partial charge in [0.15, 0.2) is 10.9 Å². The minimum atomic E-state index is -0.204. The zero-order valence-electron chi connectivity index (χ0n) is 15.1. The van der Waals surface area contributed by atoms with E-state index >= 15 is 0 Å². The molecule has 1 amide bonds. The second kappa shape index (κ2) is 7.28. The fourth-order valence-electron chi connectivity index (χ4n) is 2.95. The third kappa shape index (κ3) is 3.46. The first kappa shape index (κ1) is 17.4. The van der Waals surface area contributed by atoms with Gasteiger partial charge in [0.2, 0.25) is 0 Å². The molecule has 0 atom stereocenters. The van der Waals surface area contributed by atoms with Crippen LogP contribution in [-0.2, 0) is 0 Å². The van der Waals surface area contributed by atoms with Gasteiger partial charge in [-0.2, -0.15) is 0 Å². The van der Waals surface area contributed by atoms with Crippen molar-refractivity contribution in [2.24, 2.45) is 0 Å². The molecular weight excluding hydrogens is 362 g/mol. The zero-order valence-corrected chi connectivity index (χ0v) is 15.9. The van der Waals surface area contributed by atoms with E-state index in [-0.39, 0.29) is 5.91 Å². The molecule has 4 rings (SSSR count). The van der Waals surface area contributed by atoms with Crippen molar-refractivity contribution in [3.05, 3.63) is 53.4 Å². The van der Waals surface area contributed by atoms with Gasteiger partial charge in [0.25, 0.3) is 5.91 Å². The van der Waals surface area contributed by atoms with E-state index in [0.717, 1.165) is 29.2 Å². The predicted molar refractivity (Wildman–Crippen MR) is 107 cm³/mol. The number of rotatable bonds is 4. The van der Waals surface area contributed by atoms with Crippen molar-refractivity contribution in [2.75, 3.05) is 37.5 Å². The molecule has 1 N–H and O–H groups in total. The molecule has 2 aromatic carbocycles. The lowest BCUT2D eigenvalue weighted by Gasteiger charge is -2.28. The first-order valence-corrected chi connectivity index (χ1v) is 9.42. The maximum absolute atomic E-state index is 12.4. The number of amides is 1. The average Bonchev–Trinajstić information content (AvgIpc) is 3.16. The standard InChI is InChI=1S/C20H19N3O3S/c1-23-10-11-26-18-15(4-3-5-17(18)23)16-12-27-20(21-16)22-19(24)13-6-8-14(25-2)9-7-13/h3-9,12H,10-11H2,1-2H3,(H,21,22,24). The van der Waals surface area contributed by atoms with Crippen molar-refractivity contribution in [1.29, 1.82) is 0 Å². The molecular formula is C20H19N3O3S. The Bertz CT molecular complexity index is 969. The number of carbonyl (C=O) groups excluding carboxylic acids is 1. The number of carbonyl (C=O) groups is 1. The van der Waals surface area contributed by atoms with E-state index in [9.17, 15) is 4.79 Å². The maximum Gasteiger partial charge on any atom is 0.257 e. The van der Waals surface area contributed by atoms with Gasteiger partial charge in [-0.15, -0.1) is 11.3 Å². The number of fused-ring (bicyclic) bond motifs is 1. The molecule has 27 heavy (non-hydrogen) atoms. The fourth-order valence-corrected chi connectivity index (χ4v) is 3.66. The summed E-state index contributed by atoms with van der Waals surface area (Å²) < 4.78 is 11.0. The molecule has 0 radical (unpaired) electrons. The molecule has 0 saturated carbocycles. The normalized spacial score (nSPS) is 12.9. The summed E-state index contributed by atoms with van der Waals surface area (Å²) in [6.07, 6.45) is 0. The third-order valence-corrected chi connectivity index (χ3v) is 5.19. The van der Waals surface area contributed by atoms with Crippen molar-refractivity contribution < 1.29 is 14.3 Å². The highest BCUT2D eigenvalue weighted by Gasteiger charge is 2.20.